The van der Waals surface area contributed by atoms with Crippen LogP contribution in [-0.4, -0.2) is 33.0 Å². The number of benzene rings is 1. The molecule has 2 rings (SSSR count). The predicted octanol–water partition coefficient (Wildman–Crippen LogP) is 0.940. The van der Waals surface area contributed by atoms with Gasteiger partial charge in [0, 0.05) is 13.7 Å². The lowest BCUT2D eigenvalue weighted by atomic mass is 10.1. The molecule has 1 aliphatic heterocycles. The normalized spacial score (nSPS) is 14.4. The molecular formula is C12H15BrN2O4. The van der Waals surface area contributed by atoms with Crippen LogP contribution in [0.25, 0.3) is 0 Å². The van der Waals surface area contributed by atoms with Crippen LogP contribution in [0.3, 0.4) is 0 Å². The van der Waals surface area contributed by atoms with Crippen molar-refractivity contribution in [1.29, 1.82) is 0 Å². The fourth-order valence-electron chi connectivity index (χ4n) is 1.84. The van der Waals surface area contributed by atoms with E-state index in [-0.39, 0.29) is 6.79 Å². The fraction of sp³-hybridized carbons (Fsp3) is 0.417. The Balaban J connectivity index is 2.22. The molecule has 104 valence electrons. The molecule has 7 heteroatoms. The molecule has 1 heterocycles. The molecule has 0 saturated heterocycles. The second kappa shape index (κ2) is 6.23. The van der Waals surface area contributed by atoms with Crippen molar-refractivity contribution in [3.63, 3.8) is 0 Å². The Morgan fingerprint density at radius 1 is 1.58 bits per heavy atom. The summed E-state index contributed by atoms with van der Waals surface area (Å²) in [5.41, 5.74) is 6.14. The number of hydrogen-bond donors (Lipinski definition) is 2. The van der Waals surface area contributed by atoms with Gasteiger partial charge in [-0.2, -0.15) is 0 Å². The molecule has 1 atom stereocenters. The first kappa shape index (κ1) is 14.1. The van der Waals surface area contributed by atoms with Crippen molar-refractivity contribution in [2.45, 2.75) is 6.04 Å². The van der Waals surface area contributed by atoms with Crippen LogP contribution in [0.4, 0.5) is 0 Å². The summed E-state index contributed by atoms with van der Waals surface area (Å²) in [7, 11) is 1.60. The number of nitrogens with one attached hydrogen (secondary N) is 1. The molecule has 1 aliphatic rings. The third-order valence-electron chi connectivity index (χ3n) is 2.72. The Bertz CT molecular complexity index is 481. The van der Waals surface area contributed by atoms with E-state index >= 15 is 0 Å². The van der Waals surface area contributed by atoms with Gasteiger partial charge in [0.15, 0.2) is 11.5 Å². The van der Waals surface area contributed by atoms with Gasteiger partial charge in [0.05, 0.1) is 11.1 Å². The monoisotopic (exact) mass is 330 g/mol. The summed E-state index contributed by atoms with van der Waals surface area (Å²) in [6.07, 6.45) is 0. The molecular weight excluding hydrogens is 316 g/mol. The lowest BCUT2D eigenvalue weighted by molar-refractivity contribution is -0.120. The largest absolute Gasteiger partial charge is 0.454 e. The number of nitrogens with two attached hydrogens (primary N) is 1. The highest BCUT2D eigenvalue weighted by Gasteiger charge is 2.23. The van der Waals surface area contributed by atoms with Crippen molar-refractivity contribution in [3.8, 4) is 11.5 Å². The number of hydrogen-bond acceptors (Lipinski definition) is 5. The van der Waals surface area contributed by atoms with Gasteiger partial charge in [0.1, 0.15) is 6.04 Å². The van der Waals surface area contributed by atoms with E-state index in [0.29, 0.717) is 24.7 Å². The highest BCUT2D eigenvalue weighted by atomic mass is 79.9. The van der Waals surface area contributed by atoms with Crippen molar-refractivity contribution in [2.24, 2.45) is 5.73 Å². The van der Waals surface area contributed by atoms with Crippen molar-refractivity contribution >= 4 is 21.8 Å². The number of carbonyl (C=O) groups excluding carboxylic acids is 1. The summed E-state index contributed by atoms with van der Waals surface area (Å²) in [6.45, 7) is 1.20. The lowest BCUT2D eigenvalue weighted by Gasteiger charge is -2.16. The molecule has 0 saturated carbocycles. The van der Waals surface area contributed by atoms with E-state index in [9.17, 15) is 4.79 Å². The van der Waals surface area contributed by atoms with Crippen LogP contribution in [0.15, 0.2) is 16.6 Å². The van der Waals surface area contributed by atoms with E-state index in [0.717, 1.165) is 10.0 Å². The van der Waals surface area contributed by atoms with Crippen molar-refractivity contribution in [3.05, 3.63) is 22.2 Å². The van der Waals surface area contributed by atoms with Gasteiger partial charge in [-0.05, 0) is 33.6 Å². The molecule has 0 bridgehead atoms. The van der Waals surface area contributed by atoms with Crippen molar-refractivity contribution in [2.75, 3.05) is 27.1 Å². The predicted molar refractivity (Wildman–Crippen MR) is 72.1 cm³/mol. The number of carbonyl (C=O) groups is 1. The topological polar surface area (TPSA) is 82.8 Å². The second-order valence-corrected chi connectivity index (χ2v) is 4.87. The van der Waals surface area contributed by atoms with E-state index in [1.807, 2.05) is 0 Å². The van der Waals surface area contributed by atoms with Gasteiger partial charge in [-0.15, -0.1) is 0 Å². The zero-order valence-corrected chi connectivity index (χ0v) is 12.0. The third-order valence-corrected chi connectivity index (χ3v) is 3.31. The Labute approximate surface area is 119 Å². The first-order chi connectivity index (χ1) is 9.13. The average molecular weight is 331 g/mol. The van der Waals surface area contributed by atoms with Gasteiger partial charge in [-0.3, -0.25) is 10.1 Å². The number of fused-ring (bicyclic) bond motifs is 1. The maximum Gasteiger partial charge on any atom is 0.239 e. The van der Waals surface area contributed by atoms with E-state index < -0.39 is 11.9 Å². The molecule has 0 radical (unpaired) electrons. The Morgan fingerprint density at radius 2 is 2.37 bits per heavy atom. The van der Waals surface area contributed by atoms with Gasteiger partial charge < -0.3 is 19.9 Å². The number of halogens is 1. The van der Waals surface area contributed by atoms with E-state index in [4.69, 9.17) is 19.9 Å². The first-order valence-corrected chi connectivity index (χ1v) is 6.53. The standard InChI is InChI=1S/C12H15BrN2O4/c1-17-3-2-15-10(12(14)16)7-4-8(13)11-9(5-7)18-6-19-11/h4-5,10,15H,2-3,6H2,1H3,(H2,14,16). The molecule has 19 heavy (non-hydrogen) atoms. The maximum atomic E-state index is 11.5. The number of ether oxygens (including phenoxy) is 3. The third kappa shape index (κ3) is 3.17. The molecule has 0 aromatic heterocycles. The SMILES string of the molecule is COCCNC(C(N)=O)c1cc(Br)c2c(c1)OCO2. The molecule has 1 aromatic rings. The molecule has 0 aliphatic carbocycles. The number of rotatable bonds is 6. The molecule has 1 unspecified atom stereocenters. The van der Waals surface area contributed by atoms with Crippen LogP contribution in [0.1, 0.15) is 11.6 Å². The highest BCUT2D eigenvalue weighted by Crippen LogP contribution is 2.41. The second-order valence-electron chi connectivity index (χ2n) is 4.02. The minimum Gasteiger partial charge on any atom is -0.454 e. The Hall–Kier alpha value is -1.31. The fourth-order valence-corrected chi connectivity index (χ4v) is 2.42. The quantitative estimate of drug-likeness (QED) is 0.758. The summed E-state index contributed by atoms with van der Waals surface area (Å²) in [5.74, 6) is 0.787. The molecule has 0 fully saturated rings. The van der Waals surface area contributed by atoms with Crippen LogP contribution in [0.2, 0.25) is 0 Å². The average Bonchev–Trinajstić information content (AvgIpc) is 2.83. The summed E-state index contributed by atoms with van der Waals surface area (Å²) in [5, 5.41) is 3.04. The van der Waals surface area contributed by atoms with Gasteiger partial charge in [-0.1, -0.05) is 0 Å². The van der Waals surface area contributed by atoms with E-state index in [2.05, 4.69) is 21.2 Å². The van der Waals surface area contributed by atoms with Gasteiger partial charge in [-0.25, -0.2) is 0 Å². The number of amides is 1. The minimum atomic E-state index is -0.596. The summed E-state index contributed by atoms with van der Waals surface area (Å²) in [4.78, 5) is 11.5. The van der Waals surface area contributed by atoms with Crippen LogP contribution in [-0.2, 0) is 9.53 Å². The molecule has 1 aromatic carbocycles. The first-order valence-electron chi connectivity index (χ1n) is 5.74. The zero-order valence-electron chi connectivity index (χ0n) is 10.4. The minimum absolute atomic E-state index is 0.176. The summed E-state index contributed by atoms with van der Waals surface area (Å²) < 4.78 is 16.3. The smallest absolute Gasteiger partial charge is 0.239 e. The molecule has 0 spiro atoms. The van der Waals surface area contributed by atoms with Crippen LogP contribution in [0.5, 0.6) is 11.5 Å². The maximum absolute atomic E-state index is 11.5. The Morgan fingerprint density at radius 3 is 3.05 bits per heavy atom. The zero-order chi connectivity index (χ0) is 13.8. The van der Waals surface area contributed by atoms with Crippen molar-refractivity contribution < 1.29 is 19.0 Å². The van der Waals surface area contributed by atoms with E-state index in [1.165, 1.54) is 0 Å². The summed E-state index contributed by atoms with van der Waals surface area (Å²) >= 11 is 3.39. The molecule has 6 nitrogen and oxygen atoms in total. The summed E-state index contributed by atoms with van der Waals surface area (Å²) in [6, 6.07) is 2.95. The van der Waals surface area contributed by atoms with Gasteiger partial charge in [0.2, 0.25) is 12.7 Å². The van der Waals surface area contributed by atoms with Gasteiger partial charge >= 0.3 is 0 Å². The highest BCUT2D eigenvalue weighted by molar-refractivity contribution is 9.10. The van der Waals surface area contributed by atoms with Crippen molar-refractivity contribution in [1.82, 2.24) is 5.32 Å². The lowest BCUT2D eigenvalue weighted by Crippen LogP contribution is -2.35. The van der Waals surface area contributed by atoms with E-state index in [1.54, 1.807) is 19.2 Å². The van der Waals surface area contributed by atoms with Crippen LogP contribution < -0.4 is 20.5 Å². The molecule has 3 N–H and O–H groups in total. The number of methoxy groups -OCH3 is 1. The van der Waals surface area contributed by atoms with Crippen LogP contribution in [0, 0.1) is 0 Å². The van der Waals surface area contributed by atoms with Crippen LogP contribution >= 0.6 is 15.9 Å². The molecule has 1 amide bonds. The number of primary amides is 1. The Kier molecular flexibility index (Phi) is 4.62. The van der Waals surface area contributed by atoms with Gasteiger partial charge in [0.25, 0.3) is 0 Å².